The smallest absolute Gasteiger partial charge is 0.234 e. The lowest BCUT2D eigenvalue weighted by Crippen LogP contribution is -2.39. The van der Waals surface area contributed by atoms with Crippen LogP contribution >= 0.6 is 24.2 Å². The van der Waals surface area contributed by atoms with Gasteiger partial charge in [-0.15, -0.1) is 24.2 Å². The summed E-state index contributed by atoms with van der Waals surface area (Å²) in [7, 11) is 0. The SMILES string of the molecule is Cl.Nc1cccc2c1CCCN2C(=O)C1CCSc2ccccc21. The number of amides is 1. The van der Waals surface area contributed by atoms with Gasteiger partial charge in [-0.2, -0.15) is 0 Å². The van der Waals surface area contributed by atoms with Crippen LogP contribution < -0.4 is 10.6 Å². The van der Waals surface area contributed by atoms with Crippen LogP contribution in [0.3, 0.4) is 0 Å². The molecule has 4 rings (SSSR count). The van der Waals surface area contributed by atoms with Gasteiger partial charge in [-0.3, -0.25) is 4.79 Å². The Bertz CT molecular complexity index is 765. The van der Waals surface area contributed by atoms with Crippen molar-refractivity contribution in [3.8, 4) is 0 Å². The maximum Gasteiger partial charge on any atom is 0.234 e. The molecule has 0 saturated carbocycles. The fourth-order valence-corrected chi connectivity index (χ4v) is 4.79. The van der Waals surface area contributed by atoms with E-state index in [0.29, 0.717) is 0 Å². The number of rotatable bonds is 1. The fourth-order valence-electron chi connectivity index (χ4n) is 3.67. The molecule has 0 bridgehead atoms. The highest BCUT2D eigenvalue weighted by atomic mass is 35.5. The summed E-state index contributed by atoms with van der Waals surface area (Å²) in [5.74, 6) is 1.20. The van der Waals surface area contributed by atoms with Gasteiger partial charge in [-0.1, -0.05) is 24.3 Å². The molecule has 2 aliphatic heterocycles. The van der Waals surface area contributed by atoms with Crippen molar-refractivity contribution in [3.05, 3.63) is 53.6 Å². The summed E-state index contributed by atoms with van der Waals surface area (Å²) >= 11 is 1.85. The Morgan fingerprint density at radius 3 is 2.88 bits per heavy atom. The molecule has 0 saturated heterocycles. The van der Waals surface area contributed by atoms with Crippen molar-refractivity contribution in [2.75, 3.05) is 22.9 Å². The van der Waals surface area contributed by atoms with Crippen molar-refractivity contribution in [2.45, 2.75) is 30.1 Å². The molecule has 0 aromatic heterocycles. The second kappa shape index (κ2) is 7.08. The number of carbonyl (C=O) groups excluding carboxylic acids is 1. The standard InChI is InChI=1S/C19H20N2OS.ClH/c20-16-7-3-8-17-15(16)6-4-11-21(17)19(22)14-10-12-23-18-9-2-1-5-13(14)18;/h1-3,5,7-9,14H,4,6,10-12,20H2;1H. The maximum atomic E-state index is 13.3. The van der Waals surface area contributed by atoms with Gasteiger partial charge < -0.3 is 10.6 Å². The first kappa shape index (κ1) is 17.2. The topological polar surface area (TPSA) is 46.3 Å². The number of carbonyl (C=O) groups is 1. The van der Waals surface area contributed by atoms with Gasteiger partial charge in [-0.25, -0.2) is 0 Å². The van der Waals surface area contributed by atoms with E-state index in [-0.39, 0.29) is 24.2 Å². The fraction of sp³-hybridized carbons (Fsp3) is 0.316. The van der Waals surface area contributed by atoms with Crippen molar-refractivity contribution in [2.24, 2.45) is 0 Å². The van der Waals surface area contributed by atoms with E-state index in [1.807, 2.05) is 40.9 Å². The zero-order chi connectivity index (χ0) is 15.8. The van der Waals surface area contributed by atoms with Crippen LogP contribution in [0.5, 0.6) is 0 Å². The highest BCUT2D eigenvalue weighted by Crippen LogP contribution is 2.40. The number of nitrogen functional groups attached to an aromatic ring is 1. The van der Waals surface area contributed by atoms with Crippen molar-refractivity contribution < 1.29 is 4.79 Å². The summed E-state index contributed by atoms with van der Waals surface area (Å²) in [6.45, 7) is 0.793. The van der Waals surface area contributed by atoms with Gasteiger partial charge in [0, 0.05) is 22.8 Å². The molecule has 126 valence electrons. The molecule has 24 heavy (non-hydrogen) atoms. The summed E-state index contributed by atoms with van der Waals surface area (Å²) < 4.78 is 0. The first-order valence-electron chi connectivity index (χ1n) is 8.16. The monoisotopic (exact) mass is 360 g/mol. The molecule has 0 radical (unpaired) electrons. The Kier molecular flexibility index (Phi) is 5.07. The van der Waals surface area contributed by atoms with Crippen LogP contribution in [0.15, 0.2) is 47.4 Å². The summed E-state index contributed by atoms with van der Waals surface area (Å²) in [6.07, 6.45) is 2.85. The molecule has 2 aromatic rings. The molecule has 0 aliphatic carbocycles. The summed E-state index contributed by atoms with van der Waals surface area (Å²) in [4.78, 5) is 16.5. The highest BCUT2D eigenvalue weighted by molar-refractivity contribution is 7.99. The van der Waals surface area contributed by atoms with Gasteiger partial charge in [0.1, 0.15) is 0 Å². The summed E-state index contributed by atoms with van der Waals surface area (Å²) in [6, 6.07) is 14.2. The highest BCUT2D eigenvalue weighted by Gasteiger charge is 2.33. The largest absolute Gasteiger partial charge is 0.398 e. The van der Waals surface area contributed by atoms with E-state index in [2.05, 4.69) is 18.2 Å². The zero-order valence-electron chi connectivity index (χ0n) is 13.4. The van der Waals surface area contributed by atoms with Gasteiger partial charge in [0.25, 0.3) is 0 Å². The van der Waals surface area contributed by atoms with Gasteiger partial charge in [0.2, 0.25) is 5.91 Å². The summed E-state index contributed by atoms with van der Waals surface area (Å²) in [5.41, 5.74) is 10.2. The number of hydrogen-bond donors (Lipinski definition) is 1. The Labute approximate surface area is 153 Å². The van der Waals surface area contributed by atoms with Crippen LogP contribution in [-0.4, -0.2) is 18.2 Å². The average Bonchev–Trinajstić information content (AvgIpc) is 2.60. The van der Waals surface area contributed by atoms with Gasteiger partial charge in [-0.05, 0) is 54.3 Å². The number of halogens is 1. The molecule has 2 N–H and O–H groups in total. The second-order valence-electron chi connectivity index (χ2n) is 6.17. The predicted molar refractivity (Wildman–Crippen MR) is 103 cm³/mol. The maximum absolute atomic E-state index is 13.3. The Hall–Kier alpha value is -1.65. The number of thioether (sulfide) groups is 1. The van der Waals surface area contributed by atoms with Crippen LogP contribution in [0, 0.1) is 0 Å². The van der Waals surface area contributed by atoms with E-state index in [1.54, 1.807) is 0 Å². The van der Waals surface area contributed by atoms with E-state index >= 15 is 0 Å². The third kappa shape index (κ3) is 2.89. The number of anilines is 2. The van der Waals surface area contributed by atoms with E-state index < -0.39 is 0 Å². The first-order chi connectivity index (χ1) is 11.3. The molecule has 0 fully saturated rings. The lowest BCUT2D eigenvalue weighted by atomic mass is 9.92. The van der Waals surface area contributed by atoms with Crippen LogP contribution in [0.1, 0.15) is 29.9 Å². The molecule has 3 nitrogen and oxygen atoms in total. The molecule has 1 unspecified atom stereocenters. The number of nitrogens with two attached hydrogens (primary N) is 1. The Balaban J connectivity index is 0.00000169. The number of hydrogen-bond acceptors (Lipinski definition) is 3. The molecular formula is C19H21ClN2OS. The summed E-state index contributed by atoms with van der Waals surface area (Å²) in [5, 5.41) is 0. The minimum absolute atomic E-state index is 0. The molecule has 5 heteroatoms. The molecule has 2 aromatic carbocycles. The molecule has 1 amide bonds. The first-order valence-corrected chi connectivity index (χ1v) is 9.15. The molecule has 0 spiro atoms. The Morgan fingerprint density at radius 1 is 1.17 bits per heavy atom. The second-order valence-corrected chi connectivity index (χ2v) is 7.30. The van der Waals surface area contributed by atoms with Crippen molar-refractivity contribution in [1.82, 2.24) is 0 Å². The van der Waals surface area contributed by atoms with Crippen molar-refractivity contribution >= 4 is 41.5 Å². The van der Waals surface area contributed by atoms with Crippen molar-refractivity contribution in [3.63, 3.8) is 0 Å². The predicted octanol–water partition coefficient (Wildman–Crippen LogP) is 4.25. The molecule has 2 aliphatic rings. The average molecular weight is 361 g/mol. The quantitative estimate of drug-likeness (QED) is 0.773. The van der Waals surface area contributed by atoms with Crippen LogP contribution in [0.25, 0.3) is 0 Å². The normalized spacial score (nSPS) is 19.0. The van der Waals surface area contributed by atoms with E-state index in [9.17, 15) is 4.79 Å². The number of benzene rings is 2. The molecule has 2 heterocycles. The van der Waals surface area contributed by atoms with Crippen LogP contribution in [0.2, 0.25) is 0 Å². The van der Waals surface area contributed by atoms with E-state index in [4.69, 9.17) is 5.73 Å². The van der Waals surface area contributed by atoms with Crippen molar-refractivity contribution in [1.29, 1.82) is 0 Å². The van der Waals surface area contributed by atoms with E-state index in [1.165, 1.54) is 10.5 Å². The van der Waals surface area contributed by atoms with Gasteiger partial charge in [0.15, 0.2) is 0 Å². The molecule has 1 atom stereocenters. The minimum Gasteiger partial charge on any atom is -0.398 e. The van der Waals surface area contributed by atoms with Crippen LogP contribution in [0.4, 0.5) is 11.4 Å². The minimum atomic E-state index is -0.0279. The lowest BCUT2D eigenvalue weighted by Gasteiger charge is -2.34. The third-order valence-electron chi connectivity index (χ3n) is 4.81. The number of nitrogens with zero attached hydrogens (tertiary/aromatic N) is 1. The van der Waals surface area contributed by atoms with Crippen LogP contribution in [-0.2, 0) is 11.2 Å². The lowest BCUT2D eigenvalue weighted by molar-refractivity contribution is -0.120. The Morgan fingerprint density at radius 2 is 2.00 bits per heavy atom. The molecular weight excluding hydrogens is 340 g/mol. The number of fused-ring (bicyclic) bond motifs is 2. The van der Waals surface area contributed by atoms with E-state index in [0.717, 1.165) is 48.5 Å². The zero-order valence-corrected chi connectivity index (χ0v) is 15.0. The van der Waals surface area contributed by atoms with Gasteiger partial charge >= 0.3 is 0 Å². The third-order valence-corrected chi connectivity index (χ3v) is 5.93. The van der Waals surface area contributed by atoms with Gasteiger partial charge in [0.05, 0.1) is 5.92 Å².